The van der Waals surface area contributed by atoms with Crippen molar-refractivity contribution in [3.63, 3.8) is 0 Å². The van der Waals surface area contributed by atoms with Crippen LogP contribution in [0.4, 0.5) is 0 Å². The third-order valence-corrected chi connectivity index (χ3v) is 8.93. The number of phenols is 1. The Bertz CT molecular complexity index is 1710. The minimum atomic E-state index is -1.57. The Morgan fingerprint density at radius 2 is 1.33 bits per heavy atom. The number of rotatable bonds is 4. The van der Waals surface area contributed by atoms with Crippen molar-refractivity contribution in [1.29, 1.82) is 0 Å². The molecule has 2 aromatic rings. The van der Waals surface area contributed by atoms with E-state index in [1.807, 2.05) is 0 Å². The molecule has 9 nitrogen and oxygen atoms in total. The maximum Gasteiger partial charge on any atom is 0.340 e. The van der Waals surface area contributed by atoms with Crippen molar-refractivity contribution >= 4 is 109 Å². The van der Waals surface area contributed by atoms with Crippen molar-refractivity contribution in [3.05, 3.63) is 67.5 Å². The Labute approximate surface area is 241 Å². The van der Waals surface area contributed by atoms with Crippen LogP contribution in [0.25, 0.3) is 33.4 Å². The second kappa shape index (κ2) is 9.56. The highest BCUT2D eigenvalue weighted by Crippen LogP contribution is 2.54. The summed E-state index contributed by atoms with van der Waals surface area (Å²) in [6.07, 6.45) is 0. The predicted octanol–water partition coefficient (Wildman–Crippen LogP) is 7.18. The molecule has 184 valence electrons. The van der Waals surface area contributed by atoms with E-state index in [9.17, 15) is 39.6 Å². The second-order valence-corrected chi connectivity index (χ2v) is 11.2. The van der Waals surface area contributed by atoms with Gasteiger partial charge in [0, 0.05) is 35.5 Å². The number of hydrogen-bond donors (Lipinski definition) is 4. The van der Waals surface area contributed by atoms with Gasteiger partial charge in [-0.1, -0.05) is 22.0 Å². The van der Waals surface area contributed by atoms with Crippen molar-refractivity contribution in [3.8, 4) is 28.2 Å². The van der Waals surface area contributed by atoms with Gasteiger partial charge >= 0.3 is 17.9 Å². The van der Waals surface area contributed by atoms with Gasteiger partial charge < -0.3 is 24.8 Å². The van der Waals surface area contributed by atoms with Gasteiger partial charge in [0.2, 0.25) is 5.43 Å². The summed E-state index contributed by atoms with van der Waals surface area (Å²) in [7, 11) is 0. The standard InChI is InChI=1S/C22H7Br5O9/c23-5-3-1-2-4(20(30)31)6(5)7-8-12(24)10(21(32)33)16(28)14(26)18(8)36-19-9(7)13(25)11(22(34)35)17(29)15(19)27/h1-3,28H,(H,30,31)(H,32,33)(H,34,35). The van der Waals surface area contributed by atoms with Crippen molar-refractivity contribution in [2.75, 3.05) is 0 Å². The lowest BCUT2D eigenvalue weighted by atomic mass is 9.89. The zero-order chi connectivity index (χ0) is 26.8. The maximum absolute atomic E-state index is 12.9. The summed E-state index contributed by atoms with van der Waals surface area (Å²) in [4.78, 5) is 49.1. The van der Waals surface area contributed by atoms with E-state index in [2.05, 4.69) is 79.6 Å². The molecule has 14 heteroatoms. The summed E-state index contributed by atoms with van der Waals surface area (Å²) < 4.78 is 5.33. The van der Waals surface area contributed by atoms with Gasteiger partial charge in [0.05, 0.1) is 5.56 Å². The van der Waals surface area contributed by atoms with Crippen LogP contribution in [0.15, 0.2) is 49.8 Å². The van der Waals surface area contributed by atoms with E-state index >= 15 is 0 Å². The number of halogens is 5. The molecule has 0 fully saturated rings. The summed E-state index contributed by atoms with van der Waals surface area (Å²) in [5.74, 6) is -5.29. The molecular formula is C22H7Br5O9. The quantitative estimate of drug-likeness (QED) is 0.157. The molecule has 0 radical (unpaired) electrons. The van der Waals surface area contributed by atoms with E-state index < -0.39 is 40.2 Å². The maximum atomic E-state index is 12.9. The molecule has 0 unspecified atom stereocenters. The average Bonchev–Trinajstić information content (AvgIpc) is 2.79. The lowest BCUT2D eigenvalue weighted by Crippen LogP contribution is -2.19. The molecule has 1 aliphatic carbocycles. The zero-order valence-electron chi connectivity index (χ0n) is 17.0. The minimum Gasteiger partial charge on any atom is -0.506 e. The van der Waals surface area contributed by atoms with Crippen molar-refractivity contribution < 1.29 is 39.2 Å². The first-order valence-electron chi connectivity index (χ1n) is 9.31. The highest BCUT2D eigenvalue weighted by Gasteiger charge is 2.35. The fourth-order valence-electron chi connectivity index (χ4n) is 3.76. The van der Waals surface area contributed by atoms with E-state index in [1.165, 1.54) is 18.2 Å². The average molecular weight is 815 g/mol. The molecular weight excluding hydrogens is 808 g/mol. The van der Waals surface area contributed by atoms with Gasteiger partial charge in [-0.25, -0.2) is 14.4 Å². The van der Waals surface area contributed by atoms with Crippen LogP contribution in [0.2, 0.25) is 0 Å². The Morgan fingerprint density at radius 3 is 1.89 bits per heavy atom. The Balaban J connectivity index is 2.52. The fourth-order valence-corrected chi connectivity index (χ4v) is 6.74. The van der Waals surface area contributed by atoms with Gasteiger partial charge in [-0.3, -0.25) is 4.79 Å². The Morgan fingerprint density at radius 1 is 0.722 bits per heavy atom. The summed E-state index contributed by atoms with van der Waals surface area (Å²) in [5.41, 5.74) is -2.51. The molecule has 4 N–H and O–H groups in total. The van der Waals surface area contributed by atoms with E-state index in [-0.39, 0.29) is 61.3 Å². The normalized spacial score (nSPS) is 11.2. The van der Waals surface area contributed by atoms with Gasteiger partial charge in [-0.15, -0.1) is 0 Å². The number of aromatic carboxylic acids is 3. The predicted molar refractivity (Wildman–Crippen MR) is 146 cm³/mol. The zero-order valence-corrected chi connectivity index (χ0v) is 24.9. The van der Waals surface area contributed by atoms with Gasteiger partial charge in [0.1, 0.15) is 25.8 Å². The van der Waals surface area contributed by atoms with Crippen LogP contribution < -0.4 is 5.43 Å². The summed E-state index contributed by atoms with van der Waals surface area (Å²) >= 11 is 15.9. The summed E-state index contributed by atoms with van der Waals surface area (Å²) in [5, 5.41) is 40.0. The van der Waals surface area contributed by atoms with Gasteiger partial charge in [0.25, 0.3) is 0 Å². The molecule has 0 amide bonds. The van der Waals surface area contributed by atoms with Crippen LogP contribution in [-0.2, 0) is 0 Å². The van der Waals surface area contributed by atoms with Gasteiger partial charge in [-0.2, -0.15) is 0 Å². The van der Waals surface area contributed by atoms with Gasteiger partial charge in [-0.05, 0) is 75.9 Å². The second-order valence-electron chi connectivity index (χ2n) is 7.15. The number of fused-ring (bicyclic) bond motifs is 2. The third kappa shape index (κ3) is 3.90. The van der Waals surface area contributed by atoms with Crippen LogP contribution >= 0.6 is 79.6 Å². The van der Waals surface area contributed by atoms with Crippen LogP contribution in [0.5, 0.6) is 5.75 Å². The largest absolute Gasteiger partial charge is 0.506 e. The Hall–Kier alpha value is -2.26. The number of benzene rings is 3. The van der Waals surface area contributed by atoms with E-state index in [0.717, 1.165) is 0 Å². The topological polar surface area (TPSA) is 162 Å². The number of carboxylic acids is 3. The molecule has 36 heavy (non-hydrogen) atoms. The lowest BCUT2D eigenvalue weighted by molar-refractivity contribution is 0.0682. The molecule has 4 rings (SSSR count). The van der Waals surface area contributed by atoms with E-state index in [1.54, 1.807) is 0 Å². The van der Waals surface area contributed by atoms with Crippen LogP contribution in [0.3, 0.4) is 0 Å². The molecule has 0 atom stereocenters. The lowest BCUT2D eigenvalue weighted by Gasteiger charge is -2.22. The molecule has 2 aliphatic rings. The molecule has 0 aromatic heterocycles. The minimum absolute atomic E-state index is 0.0124. The molecule has 0 bridgehead atoms. The highest BCUT2D eigenvalue weighted by molar-refractivity contribution is 9.11. The SMILES string of the molecule is O=C(O)c1cccc(Br)c1-c1c2c(Br)c(C(=O)O)c(=O)c(Br)c-2oc2c(Br)c(O)c(C(=O)O)c(Br)c12. The first-order valence-corrected chi connectivity index (χ1v) is 13.3. The number of carbonyl (C=O) groups is 3. The first-order chi connectivity index (χ1) is 16.8. The molecule has 0 spiro atoms. The van der Waals surface area contributed by atoms with Crippen molar-refractivity contribution in [2.24, 2.45) is 0 Å². The van der Waals surface area contributed by atoms with E-state index in [0.29, 0.717) is 0 Å². The van der Waals surface area contributed by atoms with Crippen molar-refractivity contribution in [2.45, 2.75) is 0 Å². The first kappa shape index (κ1) is 26.8. The Kier molecular flexibility index (Phi) is 7.11. The highest BCUT2D eigenvalue weighted by atomic mass is 79.9. The number of aromatic hydroxyl groups is 1. The fraction of sp³-hybridized carbons (Fsp3) is 0. The third-order valence-electron chi connectivity index (χ3n) is 5.23. The molecule has 1 heterocycles. The molecule has 2 aromatic carbocycles. The monoisotopic (exact) mass is 810 g/mol. The van der Waals surface area contributed by atoms with Crippen LogP contribution in [-0.4, -0.2) is 38.3 Å². The van der Waals surface area contributed by atoms with Gasteiger partial charge in [0.15, 0.2) is 11.3 Å². The molecule has 0 saturated carbocycles. The summed E-state index contributed by atoms with van der Waals surface area (Å²) in [6, 6.07) is 4.31. The smallest absolute Gasteiger partial charge is 0.340 e. The number of hydrogen-bond acceptors (Lipinski definition) is 6. The van der Waals surface area contributed by atoms with Crippen LogP contribution in [0.1, 0.15) is 31.1 Å². The van der Waals surface area contributed by atoms with Crippen LogP contribution in [0, 0.1) is 0 Å². The van der Waals surface area contributed by atoms with Crippen molar-refractivity contribution in [1.82, 2.24) is 0 Å². The number of carboxylic acid groups (broad SMARTS) is 3. The molecule has 1 aliphatic heterocycles. The van der Waals surface area contributed by atoms with E-state index in [4.69, 9.17) is 4.42 Å². The summed E-state index contributed by atoms with van der Waals surface area (Å²) in [6.45, 7) is 0. The molecule has 0 saturated heterocycles.